The average molecular weight is 741 g/mol. The van der Waals surface area contributed by atoms with Crippen LogP contribution in [0.5, 0.6) is 0 Å². The summed E-state index contributed by atoms with van der Waals surface area (Å²) in [7, 11) is 8.61. The second kappa shape index (κ2) is 28.2. The predicted octanol–water partition coefficient (Wildman–Crippen LogP) is 9.58. The normalized spacial score (nSPS) is 14.0. The Balaban J connectivity index is 5.03. The second-order valence-corrected chi connectivity index (χ2v) is 18.8. The SMILES string of the molecule is CCCCCCCCCCCC[N+](C)(C)[C@@H](COC(C)(C)C)C(=O)NCCNC(=O)[C@H](COC(C)(C)C)[N+](C)(C)CCCCCCCCCCCC. The molecule has 0 radical (unpaired) electrons. The van der Waals surface area contributed by atoms with Gasteiger partial charge in [0.25, 0.3) is 11.8 Å². The minimum Gasteiger partial charge on any atom is -0.369 e. The highest BCUT2D eigenvalue weighted by Gasteiger charge is 2.37. The summed E-state index contributed by atoms with van der Waals surface area (Å²) in [4.78, 5) is 27.3. The van der Waals surface area contributed by atoms with Crippen molar-refractivity contribution in [1.82, 2.24) is 10.6 Å². The Morgan fingerprint density at radius 2 is 0.712 bits per heavy atom. The van der Waals surface area contributed by atoms with E-state index in [4.69, 9.17) is 9.47 Å². The summed E-state index contributed by atoms with van der Waals surface area (Å²) < 4.78 is 13.5. The van der Waals surface area contributed by atoms with Crippen molar-refractivity contribution < 1.29 is 28.0 Å². The highest BCUT2D eigenvalue weighted by molar-refractivity contribution is 5.82. The number of amides is 2. The molecule has 0 bridgehead atoms. The molecule has 0 heterocycles. The lowest BCUT2D eigenvalue weighted by Gasteiger charge is -2.38. The number of carbonyl (C=O) groups excluding carboxylic acids is 2. The molecule has 0 spiro atoms. The number of rotatable bonds is 33. The monoisotopic (exact) mass is 741 g/mol. The van der Waals surface area contributed by atoms with Crippen molar-refractivity contribution in [2.45, 2.75) is 207 Å². The molecule has 8 nitrogen and oxygen atoms in total. The number of unbranched alkanes of at least 4 members (excludes halogenated alkanes) is 18. The molecule has 0 aliphatic carbocycles. The molecule has 310 valence electrons. The Labute approximate surface area is 324 Å². The number of likely N-dealkylation sites (N-methyl/N-ethyl adjacent to an activating group) is 2. The van der Waals surface area contributed by atoms with Crippen LogP contribution in [-0.2, 0) is 19.1 Å². The summed E-state index contributed by atoms with van der Waals surface area (Å²) in [6.07, 6.45) is 25.9. The van der Waals surface area contributed by atoms with E-state index in [-0.39, 0.29) is 35.1 Å². The average Bonchev–Trinajstić information content (AvgIpc) is 3.03. The maximum atomic E-state index is 13.7. The largest absolute Gasteiger partial charge is 0.369 e. The zero-order valence-corrected chi connectivity index (χ0v) is 37.1. The molecule has 2 N–H and O–H groups in total. The van der Waals surface area contributed by atoms with Gasteiger partial charge in [0.05, 0.1) is 52.5 Å². The number of nitrogens with zero attached hydrogens (tertiary/aromatic N) is 2. The van der Waals surface area contributed by atoms with E-state index in [0.717, 1.165) is 25.9 Å². The number of hydrogen-bond acceptors (Lipinski definition) is 4. The Bertz CT molecular complexity index is 822. The van der Waals surface area contributed by atoms with Crippen LogP contribution < -0.4 is 10.6 Å². The highest BCUT2D eigenvalue weighted by atomic mass is 16.5. The topological polar surface area (TPSA) is 76.7 Å². The zero-order chi connectivity index (χ0) is 39.5. The van der Waals surface area contributed by atoms with Crippen molar-refractivity contribution in [3.8, 4) is 0 Å². The van der Waals surface area contributed by atoms with Gasteiger partial charge >= 0.3 is 0 Å². The third kappa shape index (κ3) is 27.4. The van der Waals surface area contributed by atoms with Crippen molar-refractivity contribution in [2.75, 3.05) is 67.6 Å². The molecule has 8 heteroatoms. The summed E-state index contributed by atoms with van der Waals surface area (Å²) in [5.74, 6) is -0.0273. The van der Waals surface area contributed by atoms with Crippen molar-refractivity contribution in [1.29, 1.82) is 0 Å². The number of nitrogens with one attached hydrogen (secondary N) is 2. The van der Waals surface area contributed by atoms with Gasteiger partial charge in [0, 0.05) is 13.1 Å². The number of carbonyl (C=O) groups is 2. The molecular formula is C44H92N4O4+2. The van der Waals surface area contributed by atoms with E-state index in [9.17, 15) is 9.59 Å². The molecule has 0 aromatic carbocycles. The van der Waals surface area contributed by atoms with E-state index >= 15 is 0 Å². The minimum absolute atomic E-state index is 0.0136. The van der Waals surface area contributed by atoms with Crippen LogP contribution in [0.2, 0.25) is 0 Å². The number of hydrogen-bond donors (Lipinski definition) is 2. The van der Waals surface area contributed by atoms with Gasteiger partial charge in [-0.1, -0.05) is 117 Å². The molecule has 0 aromatic rings. The maximum Gasteiger partial charge on any atom is 0.280 e. The lowest BCUT2D eigenvalue weighted by molar-refractivity contribution is -0.906. The zero-order valence-electron chi connectivity index (χ0n) is 37.1. The van der Waals surface area contributed by atoms with Gasteiger partial charge in [-0.2, -0.15) is 0 Å². The molecule has 0 unspecified atom stereocenters. The molecule has 52 heavy (non-hydrogen) atoms. The molecule has 2 amide bonds. The van der Waals surface area contributed by atoms with Gasteiger partial charge in [-0.05, 0) is 67.2 Å². The quantitative estimate of drug-likeness (QED) is 0.0519. The third-order valence-electron chi connectivity index (χ3n) is 10.5. The van der Waals surface area contributed by atoms with E-state index in [1.54, 1.807) is 0 Å². The van der Waals surface area contributed by atoms with Crippen molar-refractivity contribution in [3.63, 3.8) is 0 Å². The van der Waals surface area contributed by atoms with Gasteiger partial charge in [-0.15, -0.1) is 0 Å². The van der Waals surface area contributed by atoms with Gasteiger partial charge in [-0.25, -0.2) is 0 Å². The molecule has 2 atom stereocenters. The first-order chi connectivity index (χ1) is 24.4. The van der Waals surface area contributed by atoms with Gasteiger partial charge in [0.2, 0.25) is 0 Å². The van der Waals surface area contributed by atoms with E-state index in [2.05, 4.69) is 52.7 Å². The first-order valence-corrected chi connectivity index (χ1v) is 21.8. The highest BCUT2D eigenvalue weighted by Crippen LogP contribution is 2.19. The van der Waals surface area contributed by atoms with Crippen LogP contribution in [-0.4, -0.2) is 112 Å². The second-order valence-electron chi connectivity index (χ2n) is 18.8. The molecule has 0 fully saturated rings. The van der Waals surface area contributed by atoms with Crippen LogP contribution in [0, 0.1) is 0 Å². The van der Waals surface area contributed by atoms with Crippen molar-refractivity contribution >= 4 is 11.8 Å². The summed E-state index contributed by atoms with van der Waals surface area (Å²) >= 11 is 0. The maximum absolute atomic E-state index is 13.7. The van der Waals surface area contributed by atoms with Gasteiger partial charge < -0.3 is 29.1 Å². The van der Waals surface area contributed by atoms with E-state index in [1.165, 1.54) is 116 Å². The van der Waals surface area contributed by atoms with Crippen molar-refractivity contribution in [3.05, 3.63) is 0 Å². The van der Waals surface area contributed by atoms with E-state index in [1.807, 2.05) is 41.5 Å². The van der Waals surface area contributed by atoms with Gasteiger partial charge in [-0.3, -0.25) is 9.59 Å². The van der Waals surface area contributed by atoms with E-state index in [0.29, 0.717) is 35.3 Å². The summed E-state index contributed by atoms with van der Waals surface area (Å²) in [5.41, 5.74) is -0.653. The summed E-state index contributed by atoms with van der Waals surface area (Å²) in [5, 5.41) is 6.28. The van der Waals surface area contributed by atoms with Gasteiger partial charge in [0.15, 0.2) is 12.1 Å². The van der Waals surface area contributed by atoms with Gasteiger partial charge in [0.1, 0.15) is 13.2 Å². The van der Waals surface area contributed by atoms with Crippen LogP contribution in [0.25, 0.3) is 0 Å². The standard InChI is InChI=1S/C44H90N4O4/c1-13-15-17-19-21-23-25-27-29-31-35-47(9,10)39(37-51-43(3,4)5)41(49)45-33-34-46-42(50)40(38-52-44(6,7)8)48(11,12)36-32-30-28-26-24-22-20-18-16-14-2/h39-40H,13-38H2,1-12H3/p+2/t39-,40-/m0/s1. The molecule has 0 aliphatic rings. The van der Waals surface area contributed by atoms with E-state index < -0.39 is 0 Å². The lowest BCUT2D eigenvalue weighted by Crippen LogP contribution is -2.61. The summed E-state index contributed by atoms with van der Waals surface area (Å²) in [6, 6.07) is -0.642. The van der Waals surface area contributed by atoms with Crippen molar-refractivity contribution in [2.24, 2.45) is 0 Å². The van der Waals surface area contributed by atoms with Crippen LogP contribution in [0.4, 0.5) is 0 Å². The molecular weight excluding hydrogens is 649 g/mol. The Morgan fingerprint density at radius 1 is 0.462 bits per heavy atom. The fraction of sp³-hybridized carbons (Fsp3) is 0.955. The minimum atomic E-state index is -0.327. The first kappa shape index (κ1) is 50.8. The molecule has 0 saturated carbocycles. The Kier molecular flexibility index (Phi) is 27.6. The Morgan fingerprint density at radius 3 is 0.962 bits per heavy atom. The lowest BCUT2D eigenvalue weighted by atomic mass is 10.1. The smallest absolute Gasteiger partial charge is 0.280 e. The van der Waals surface area contributed by atoms with Crippen LogP contribution in [0.3, 0.4) is 0 Å². The molecule has 0 aliphatic heterocycles. The molecule has 0 saturated heterocycles. The van der Waals surface area contributed by atoms with Crippen LogP contribution in [0.15, 0.2) is 0 Å². The Hall–Kier alpha value is -1.22. The fourth-order valence-electron chi connectivity index (χ4n) is 6.78. The summed E-state index contributed by atoms with van der Waals surface area (Å²) in [6.45, 7) is 20.1. The van der Waals surface area contributed by atoms with Crippen LogP contribution in [0.1, 0.15) is 184 Å². The number of ether oxygens (including phenoxy) is 2. The first-order valence-electron chi connectivity index (χ1n) is 21.8. The van der Waals surface area contributed by atoms with Crippen LogP contribution >= 0.6 is 0 Å². The predicted molar refractivity (Wildman–Crippen MR) is 223 cm³/mol. The number of quaternary nitrogens is 2. The molecule has 0 aromatic heterocycles. The fourth-order valence-corrected chi connectivity index (χ4v) is 6.78. The molecule has 0 rings (SSSR count). The third-order valence-corrected chi connectivity index (χ3v) is 10.5.